The van der Waals surface area contributed by atoms with E-state index in [4.69, 9.17) is 38.0 Å². The van der Waals surface area contributed by atoms with Crippen molar-refractivity contribution in [2.45, 2.75) is 6.42 Å². The number of rotatable bonds is 9. The number of hydrogen-bond donors (Lipinski definition) is 1. The summed E-state index contributed by atoms with van der Waals surface area (Å²) in [6.45, 7) is -0.226. The Morgan fingerprint density at radius 3 is 2.51 bits per heavy atom. The molecule has 1 fully saturated rings. The van der Waals surface area contributed by atoms with Gasteiger partial charge in [-0.05, 0) is 35.4 Å². The zero-order valence-electron chi connectivity index (χ0n) is 20.1. The van der Waals surface area contributed by atoms with Crippen LogP contribution in [0.1, 0.15) is 16.0 Å². The fraction of sp³-hybridized carbons (Fsp3) is 0.200. The molecule has 37 heavy (non-hydrogen) atoms. The Kier molecular flexibility index (Phi) is 8.70. The fourth-order valence-electron chi connectivity index (χ4n) is 3.55. The van der Waals surface area contributed by atoms with Crippen LogP contribution in [0.25, 0.3) is 6.08 Å². The first-order valence-electron chi connectivity index (χ1n) is 10.9. The first kappa shape index (κ1) is 26.9. The summed E-state index contributed by atoms with van der Waals surface area (Å²) in [7, 11) is 4.55. The lowest BCUT2D eigenvalue weighted by Crippen LogP contribution is -2.36. The molecule has 1 aliphatic rings. The van der Waals surface area contributed by atoms with Gasteiger partial charge in [0.25, 0.3) is 5.91 Å². The number of amides is 2. The molecule has 1 aliphatic heterocycles. The molecule has 0 bridgehead atoms. The highest BCUT2D eigenvalue weighted by atomic mass is 35.5. The lowest BCUT2D eigenvalue weighted by molar-refractivity contribution is -0.126. The number of halogens is 1. The molecule has 192 valence electrons. The van der Waals surface area contributed by atoms with E-state index >= 15 is 0 Å². The van der Waals surface area contributed by atoms with E-state index in [0.29, 0.717) is 44.3 Å². The van der Waals surface area contributed by atoms with E-state index in [1.807, 2.05) is 24.3 Å². The predicted molar refractivity (Wildman–Crippen MR) is 151 cm³/mol. The van der Waals surface area contributed by atoms with Crippen LogP contribution in [0, 0.1) is 0 Å². The highest BCUT2D eigenvalue weighted by Crippen LogP contribution is 2.40. The number of carbonyl (C=O) groups is 2. The van der Waals surface area contributed by atoms with Crippen LogP contribution in [0.3, 0.4) is 0 Å². The molecule has 0 aliphatic carbocycles. The summed E-state index contributed by atoms with van der Waals surface area (Å²) in [5.41, 5.74) is 1.63. The zero-order valence-corrected chi connectivity index (χ0v) is 23.3. The second-order valence-corrected chi connectivity index (χ2v) is 10.9. The van der Waals surface area contributed by atoms with Crippen LogP contribution in [0.2, 0.25) is 5.02 Å². The molecule has 0 atom stereocenters. The van der Waals surface area contributed by atoms with Gasteiger partial charge in [0.1, 0.15) is 10.9 Å². The van der Waals surface area contributed by atoms with Gasteiger partial charge in [-0.3, -0.25) is 14.5 Å². The maximum absolute atomic E-state index is 13.0. The van der Waals surface area contributed by atoms with Gasteiger partial charge in [-0.1, -0.05) is 53.8 Å². The number of nitrogens with one attached hydrogen (secondary N) is 1. The third kappa shape index (κ3) is 6.24. The number of carbonyl (C=O) groups excluding carboxylic acids is 2. The zero-order chi connectivity index (χ0) is 26.5. The summed E-state index contributed by atoms with van der Waals surface area (Å²) in [5, 5.41) is 3.86. The smallest absolute Gasteiger partial charge is 0.266 e. The molecule has 2 aromatic carbocycles. The van der Waals surface area contributed by atoms with Gasteiger partial charge in [0, 0.05) is 22.5 Å². The highest BCUT2D eigenvalue weighted by molar-refractivity contribution is 8.26. The van der Waals surface area contributed by atoms with Crippen molar-refractivity contribution in [3.63, 3.8) is 0 Å². The van der Waals surface area contributed by atoms with Crippen LogP contribution in [-0.4, -0.2) is 53.9 Å². The molecular weight excluding hydrogens is 554 g/mol. The van der Waals surface area contributed by atoms with E-state index < -0.39 is 5.91 Å². The molecule has 2 heterocycles. The van der Waals surface area contributed by atoms with Crippen molar-refractivity contribution in [1.82, 2.24) is 9.88 Å². The number of methoxy groups -OCH3 is 3. The van der Waals surface area contributed by atoms with E-state index in [1.54, 1.807) is 24.4 Å². The van der Waals surface area contributed by atoms with Crippen LogP contribution in [0.15, 0.2) is 47.5 Å². The molecule has 0 saturated carbocycles. The molecule has 3 aromatic rings. The monoisotopic (exact) mass is 575 g/mol. The quantitative estimate of drug-likeness (QED) is 0.273. The lowest BCUT2D eigenvalue weighted by Gasteiger charge is -2.13. The number of benzene rings is 2. The van der Waals surface area contributed by atoms with E-state index in [2.05, 4.69) is 10.3 Å². The van der Waals surface area contributed by atoms with Crippen molar-refractivity contribution in [3.05, 3.63) is 68.5 Å². The third-order valence-electron chi connectivity index (χ3n) is 5.28. The predicted octanol–water partition coefficient (Wildman–Crippen LogP) is 5.25. The number of ether oxygens (including phenoxy) is 3. The third-order valence-corrected chi connectivity index (χ3v) is 7.94. The van der Waals surface area contributed by atoms with Crippen LogP contribution < -0.4 is 19.5 Å². The van der Waals surface area contributed by atoms with Gasteiger partial charge in [-0.2, -0.15) is 0 Å². The van der Waals surface area contributed by atoms with Crippen molar-refractivity contribution >= 4 is 74.3 Å². The topological polar surface area (TPSA) is 90.0 Å². The van der Waals surface area contributed by atoms with Crippen LogP contribution in [0.5, 0.6) is 17.2 Å². The molecule has 0 radical (unpaired) electrons. The first-order valence-corrected chi connectivity index (χ1v) is 13.3. The second kappa shape index (κ2) is 12.0. The summed E-state index contributed by atoms with van der Waals surface area (Å²) in [6, 6.07) is 11.0. The summed E-state index contributed by atoms with van der Waals surface area (Å²) in [6.07, 6.45) is 3.97. The highest BCUT2D eigenvalue weighted by Gasteiger charge is 2.33. The second-order valence-electron chi connectivity index (χ2n) is 7.67. The summed E-state index contributed by atoms with van der Waals surface area (Å²) in [5.74, 6) is 0.602. The van der Waals surface area contributed by atoms with Crippen molar-refractivity contribution in [2.75, 3.05) is 33.2 Å². The van der Waals surface area contributed by atoms with Gasteiger partial charge in [-0.15, -0.1) is 11.3 Å². The van der Waals surface area contributed by atoms with Crippen molar-refractivity contribution in [3.8, 4) is 17.2 Å². The first-order chi connectivity index (χ1) is 17.8. The maximum atomic E-state index is 13.0. The summed E-state index contributed by atoms with van der Waals surface area (Å²) >= 11 is 14.1. The Morgan fingerprint density at radius 1 is 1.16 bits per heavy atom. The Labute approximate surface area is 232 Å². The van der Waals surface area contributed by atoms with Gasteiger partial charge >= 0.3 is 0 Å². The van der Waals surface area contributed by atoms with Gasteiger partial charge in [-0.25, -0.2) is 4.98 Å². The minimum Gasteiger partial charge on any atom is -0.493 e. The molecule has 8 nitrogen and oxygen atoms in total. The number of aromatic nitrogens is 1. The fourth-order valence-corrected chi connectivity index (χ4v) is 5.86. The van der Waals surface area contributed by atoms with E-state index in [0.717, 1.165) is 22.2 Å². The minimum atomic E-state index is -0.399. The van der Waals surface area contributed by atoms with Gasteiger partial charge < -0.3 is 19.5 Å². The Hall–Kier alpha value is -3.12. The largest absolute Gasteiger partial charge is 0.493 e. The van der Waals surface area contributed by atoms with Crippen molar-refractivity contribution in [2.24, 2.45) is 0 Å². The summed E-state index contributed by atoms with van der Waals surface area (Å²) in [4.78, 5) is 32.6. The standard InChI is InChI=1S/C25H22ClN3O5S3/c1-32-18-8-14(9-19(33-2)22(18)34-3)10-20-23(31)29(25(35)37-20)13-21(30)28-24-27-12-16(36-24)11-15-6-4-5-7-17(15)26/h4-10,12H,11,13H2,1-3H3,(H,27,28,30)/b20-10+. The lowest BCUT2D eigenvalue weighted by atomic mass is 10.1. The normalized spacial score (nSPS) is 14.3. The van der Waals surface area contributed by atoms with Crippen LogP contribution in [-0.2, 0) is 16.0 Å². The molecule has 1 saturated heterocycles. The SMILES string of the molecule is COc1cc(/C=C2/SC(=S)N(CC(=O)Nc3ncc(Cc4ccccc4Cl)s3)C2=O)cc(OC)c1OC. The number of thiocarbonyl (C=S) groups is 1. The maximum Gasteiger partial charge on any atom is 0.266 e. The average molecular weight is 576 g/mol. The number of thioether (sulfide) groups is 1. The average Bonchev–Trinajstić information content (AvgIpc) is 3.43. The Morgan fingerprint density at radius 2 is 1.86 bits per heavy atom. The molecule has 12 heteroatoms. The molecule has 0 unspecified atom stereocenters. The molecule has 4 rings (SSSR count). The molecule has 2 amide bonds. The van der Waals surface area contributed by atoms with Crippen LogP contribution in [0.4, 0.5) is 5.13 Å². The van der Waals surface area contributed by atoms with E-state index in [9.17, 15) is 9.59 Å². The number of anilines is 1. The molecule has 1 aromatic heterocycles. The van der Waals surface area contributed by atoms with Gasteiger partial charge in [0.2, 0.25) is 11.7 Å². The Balaban J connectivity index is 1.42. The summed E-state index contributed by atoms with van der Waals surface area (Å²) < 4.78 is 16.4. The molecule has 1 N–H and O–H groups in total. The minimum absolute atomic E-state index is 0.226. The molecular formula is C25H22ClN3O5S3. The molecule has 0 spiro atoms. The Bertz CT molecular complexity index is 1370. The van der Waals surface area contributed by atoms with Crippen LogP contribution >= 0.6 is 46.9 Å². The number of thiazole rings is 1. The van der Waals surface area contributed by atoms with Gasteiger partial charge in [0.15, 0.2) is 16.6 Å². The van der Waals surface area contributed by atoms with E-state index in [1.165, 1.54) is 37.6 Å². The number of nitrogens with zero attached hydrogens (tertiary/aromatic N) is 2. The van der Waals surface area contributed by atoms with Gasteiger partial charge in [0.05, 0.1) is 26.2 Å². The number of hydrogen-bond acceptors (Lipinski definition) is 9. The van der Waals surface area contributed by atoms with E-state index in [-0.39, 0.29) is 16.8 Å². The van der Waals surface area contributed by atoms with Crippen molar-refractivity contribution < 1.29 is 23.8 Å². The van der Waals surface area contributed by atoms with Crippen molar-refractivity contribution in [1.29, 1.82) is 0 Å².